The molecule has 0 spiro atoms. The van der Waals surface area contributed by atoms with E-state index in [0.29, 0.717) is 0 Å². The zero-order chi connectivity index (χ0) is 20.4. The maximum absolute atomic E-state index is 12.6. The normalized spacial score (nSPS) is 14.7. The minimum atomic E-state index is -4.29. The maximum atomic E-state index is 12.6. The molecule has 1 aliphatic heterocycles. The molecular weight excluding hydrogens is 396 g/mol. The van der Waals surface area contributed by atoms with E-state index in [4.69, 9.17) is 11.6 Å². The van der Waals surface area contributed by atoms with Crippen molar-refractivity contribution in [2.75, 3.05) is 6.54 Å². The highest BCUT2D eigenvalue weighted by Gasteiger charge is 2.39. The standard InChI is InChI=1S/C17H19ClN2O6S/c1-11(2)19(10-9-14(18)21)17(24)12-3-5-13(6-4-12)27(25,26)20-15(22)7-8-16(20)23/h3-6,11H,7-10H2,1-2H3. The van der Waals surface area contributed by atoms with Crippen LogP contribution in [0.15, 0.2) is 29.2 Å². The van der Waals surface area contributed by atoms with Gasteiger partial charge in [-0.15, -0.1) is 0 Å². The van der Waals surface area contributed by atoms with Crippen LogP contribution in [-0.2, 0) is 24.4 Å². The predicted molar refractivity (Wildman–Crippen MR) is 96.4 cm³/mol. The molecule has 3 amide bonds. The lowest BCUT2D eigenvalue weighted by molar-refractivity contribution is -0.132. The van der Waals surface area contributed by atoms with Crippen LogP contribution >= 0.6 is 11.6 Å². The molecule has 0 aromatic heterocycles. The van der Waals surface area contributed by atoms with Crippen molar-refractivity contribution in [3.8, 4) is 0 Å². The van der Waals surface area contributed by atoms with Gasteiger partial charge in [-0.25, -0.2) is 8.42 Å². The zero-order valence-electron chi connectivity index (χ0n) is 14.8. The number of amides is 3. The molecule has 2 rings (SSSR count). The van der Waals surface area contributed by atoms with Gasteiger partial charge in [0, 0.05) is 37.4 Å². The number of rotatable bonds is 7. The number of sulfonamides is 1. The van der Waals surface area contributed by atoms with Crippen LogP contribution < -0.4 is 0 Å². The van der Waals surface area contributed by atoms with Crippen molar-refractivity contribution in [3.05, 3.63) is 29.8 Å². The Morgan fingerprint density at radius 2 is 1.63 bits per heavy atom. The van der Waals surface area contributed by atoms with Crippen LogP contribution in [0, 0.1) is 0 Å². The van der Waals surface area contributed by atoms with Crippen LogP contribution in [0.25, 0.3) is 0 Å². The van der Waals surface area contributed by atoms with Crippen molar-refractivity contribution in [2.45, 2.75) is 44.0 Å². The summed E-state index contributed by atoms with van der Waals surface area (Å²) < 4.78 is 25.3. The molecule has 0 bridgehead atoms. The van der Waals surface area contributed by atoms with Crippen molar-refractivity contribution in [2.24, 2.45) is 0 Å². The first-order valence-electron chi connectivity index (χ1n) is 8.26. The summed E-state index contributed by atoms with van der Waals surface area (Å²) in [5.41, 5.74) is 0.212. The van der Waals surface area contributed by atoms with E-state index >= 15 is 0 Å². The van der Waals surface area contributed by atoms with Gasteiger partial charge < -0.3 is 4.90 Å². The maximum Gasteiger partial charge on any atom is 0.273 e. The van der Waals surface area contributed by atoms with Crippen LogP contribution in [0.3, 0.4) is 0 Å². The lowest BCUT2D eigenvalue weighted by Gasteiger charge is -2.26. The van der Waals surface area contributed by atoms with E-state index in [1.807, 2.05) is 0 Å². The first kappa shape index (κ1) is 21.0. The van der Waals surface area contributed by atoms with Gasteiger partial charge in [0.25, 0.3) is 15.9 Å². The molecule has 1 heterocycles. The molecule has 0 saturated carbocycles. The summed E-state index contributed by atoms with van der Waals surface area (Å²) in [5.74, 6) is -1.92. The summed E-state index contributed by atoms with van der Waals surface area (Å²) in [5, 5.41) is -0.560. The Morgan fingerprint density at radius 3 is 2.07 bits per heavy atom. The highest BCUT2D eigenvalue weighted by molar-refractivity contribution is 7.90. The van der Waals surface area contributed by atoms with Crippen LogP contribution in [-0.4, -0.2) is 53.2 Å². The Labute approximate surface area is 162 Å². The molecule has 0 N–H and O–H groups in total. The smallest absolute Gasteiger partial charge is 0.273 e. The highest BCUT2D eigenvalue weighted by Crippen LogP contribution is 2.23. The van der Waals surface area contributed by atoms with Crippen molar-refractivity contribution in [1.29, 1.82) is 0 Å². The Morgan fingerprint density at radius 1 is 1.11 bits per heavy atom. The molecule has 10 heteroatoms. The number of imide groups is 1. The Bertz CT molecular complexity index is 863. The Balaban J connectivity index is 2.25. The first-order valence-corrected chi connectivity index (χ1v) is 10.1. The third-order valence-electron chi connectivity index (χ3n) is 4.08. The highest BCUT2D eigenvalue weighted by atomic mass is 35.5. The third-order valence-corrected chi connectivity index (χ3v) is 6.02. The Kier molecular flexibility index (Phi) is 6.38. The quantitative estimate of drug-likeness (QED) is 0.494. The summed E-state index contributed by atoms with van der Waals surface area (Å²) in [6.07, 6.45) is -0.286. The van der Waals surface area contributed by atoms with Gasteiger partial charge in [-0.3, -0.25) is 19.2 Å². The second-order valence-electron chi connectivity index (χ2n) is 6.28. The second-order valence-corrected chi connectivity index (χ2v) is 8.49. The van der Waals surface area contributed by atoms with Crippen molar-refractivity contribution in [3.63, 3.8) is 0 Å². The molecule has 0 aliphatic carbocycles. The fourth-order valence-electron chi connectivity index (χ4n) is 2.67. The van der Waals surface area contributed by atoms with Gasteiger partial charge in [0.15, 0.2) is 0 Å². The van der Waals surface area contributed by atoms with Gasteiger partial charge in [0.05, 0.1) is 4.90 Å². The van der Waals surface area contributed by atoms with E-state index in [2.05, 4.69) is 0 Å². The van der Waals surface area contributed by atoms with Crippen LogP contribution in [0.4, 0.5) is 0 Å². The van der Waals surface area contributed by atoms with Crippen LogP contribution in [0.2, 0.25) is 0 Å². The average Bonchev–Trinajstić information content (AvgIpc) is 2.93. The SMILES string of the molecule is CC(C)N(CCC(=O)Cl)C(=O)c1ccc(S(=O)(=O)N2C(=O)CCC2=O)cc1. The van der Waals surface area contributed by atoms with E-state index in [1.165, 1.54) is 29.2 Å². The van der Waals surface area contributed by atoms with E-state index in [0.717, 1.165) is 0 Å². The summed E-state index contributed by atoms with van der Waals surface area (Å²) in [6, 6.07) is 4.76. The van der Waals surface area contributed by atoms with E-state index in [1.54, 1.807) is 13.8 Å². The van der Waals surface area contributed by atoms with E-state index in [9.17, 15) is 27.6 Å². The molecule has 27 heavy (non-hydrogen) atoms. The number of hydrogen-bond acceptors (Lipinski definition) is 6. The third kappa shape index (κ3) is 4.54. The van der Waals surface area contributed by atoms with Crippen molar-refractivity contribution >= 4 is 44.6 Å². The van der Waals surface area contributed by atoms with Crippen LogP contribution in [0.5, 0.6) is 0 Å². The molecule has 146 valence electrons. The van der Waals surface area contributed by atoms with Gasteiger partial charge in [-0.1, -0.05) is 0 Å². The topological polar surface area (TPSA) is 109 Å². The summed E-state index contributed by atoms with van der Waals surface area (Å²) >= 11 is 5.33. The summed E-state index contributed by atoms with van der Waals surface area (Å²) in [7, 11) is -4.29. The Hall–Kier alpha value is -2.26. The molecule has 0 atom stereocenters. The molecule has 0 radical (unpaired) electrons. The minimum absolute atomic E-state index is 0.00286. The van der Waals surface area contributed by atoms with Gasteiger partial charge in [0.2, 0.25) is 17.1 Å². The van der Waals surface area contributed by atoms with Crippen LogP contribution in [0.1, 0.15) is 43.5 Å². The zero-order valence-corrected chi connectivity index (χ0v) is 16.4. The second kappa shape index (κ2) is 8.18. The number of halogens is 1. The summed E-state index contributed by atoms with van der Waals surface area (Å²) in [6.45, 7) is 3.69. The molecule has 1 saturated heterocycles. The average molecular weight is 415 g/mol. The predicted octanol–water partition coefficient (Wildman–Crippen LogP) is 1.53. The van der Waals surface area contributed by atoms with Gasteiger partial charge in [-0.2, -0.15) is 4.31 Å². The summed E-state index contributed by atoms with van der Waals surface area (Å²) in [4.78, 5) is 48.2. The molecule has 8 nitrogen and oxygen atoms in total. The number of nitrogens with zero attached hydrogens (tertiary/aromatic N) is 2. The molecular formula is C17H19ClN2O6S. The van der Waals surface area contributed by atoms with Crippen molar-refractivity contribution < 1.29 is 27.6 Å². The van der Waals surface area contributed by atoms with E-state index in [-0.39, 0.29) is 52.5 Å². The van der Waals surface area contributed by atoms with Gasteiger partial charge in [0.1, 0.15) is 0 Å². The van der Waals surface area contributed by atoms with Gasteiger partial charge in [-0.05, 0) is 49.7 Å². The fourth-order valence-corrected chi connectivity index (χ4v) is 4.16. The minimum Gasteiger partial charge on any atom is -0.336 e. The molecule has 1 aliphatic rings. The number of carbonyl (C=O) groups is 4. The molecule has 1 aromatic rings. The molecule has 0 unspecified atom stereocenters. The van der Waals surface area contributed by atoms with Crippen molar-refractivity contribution in [1.82, 2.24) is 9.21 Å². The molecule has 1 aromatic carbocycles. The first-order chi connectivity index (χ1) is 12.6. The van der Waals surface area contributed by atoms with Gasteiger partial charge >= 0.3 is 0 Å². The lowest BCUT2D eigenvalue weighted by Crippen LogP contribution is -2.38. The number of hydrogen-bond donors (Lipinski definition) is 0. The fraction of sp³-hybridized carbons (Fsp3) is 0.412. The monoisotopic (exact) mass is 414 g/mol. The largest absolute Gasteiger partial charge is 0.336 e. The molecule has 1 fully saturated rings. The van der Waals surface area contributed by atoms with E-state index < -0.39 is 27.1 Å². The number of carbonyl (C=O) groups excluding carboxylic acids is 4. The number of benzene rings is 1. The lowest BCUT2D eigenvalue weighted by atomic mass is 10.1.